The molecule has 4 heteroatoms. The number of carbonyl (C=O) groups is 1. The van der Waals surface area contributed by atoms with Crippen molar-refractivity contribution in [2.75, 3.05) is 13.2 Å². The molecule has 1 heterocycles. The fourth-order valence-corrected chi connectivity index (χ4v) is 1.91. The zero-order valence-corrected chi connectivity index (χ0v) is 8.72. The van der Waals surface area contributed by atoms with E-state index in [-0.39, 0.29) is 24.0 Å². The number of hydrogen-bond acceptors (Lipinski definition) is 3. The van der Waals surface area contributed by atoms with Crippen molar-refractivity contribution in [3.8, 4) is 0 Å². The van der Waals surface area contributed by atoms with E-state index in [0.29, 0.717) is 6.61 Å². The van der Waals surface area contributed by atoms with Crippen molar-refractivity contribution in [3.05, 3.63) is 12.2 Å². The third-order valence-electron chi connectivity index (χ3n) is 2.97. The van der Waals surface area contributed by atoms with Gasteiger partial charge >= 0.3 is 0 Å². The van der Waals surface area contributed by atoms with Gasteiger partial charge in [0.15, 0.2) is 6.29 Å². The standard InChI is InChI=1S/C11H17NO3/c12-11(13)9-5-4-8(9)7-15-10-3-1-2-6-14-10/h4-5,8-10H,1-3,6-7H2,(H2,12,13)/t8-,9-,10?/m0/s1. The Morgan fingerprint density at radius 2 is 2.33 bits per heavy atom. The van der Waals surface area contributed by atoms with E-state index >= 15 is 0 Å². The van der Waals surface area contributed by atoms with Crippen LogP contribution in [0.4, 0.5) is 0 Å². The lowest BCUT2D eigenvalue weighted by Crippen LogP contribution is -2.36. The van der Waals surface area contributed by atoms with Crippen LogP contribution in [0.1, 0.15) is 19.3 Å². The second-order valence-corrected chi connectivity index (χ2v) is 4.11. The fraction of sp³-hybridized carbons (Fsp3) is 0.727. The van der Waals surface area contributed by atoms with Gasteiger partial charge < -0.3 is 15.2 Å². The topological polar surface area (TPSA) is 61.6 Å². The van der Waals surface area contributed by atoms with E-state index in [1.165, 1.54) is 0 Å². The normalized spacial score (nSPS) is 34.8. The Labute approximate surface area is 89.4 Å². The van der Waals surface area contributed by atoms with Gasteiger partial charge in [0.05, 0.1) is 12.5 Å². The van der Waals surface area contributed by atoms with E-state index in [9.17, 15) is 4.79 Å². The summed E-state index contributed by atoms with van der Waals surface area (Å²) in [6.07, 6.45) is 6.95. The molecule has 1 amide bonds. The van der Waals surface area contributed by atoms with Crippen LogP contribution >= 0.6 is 0 Å². The number of rotatable bonds is 4. The van der Waals surface area contributed by atoms with Crippen LogP contribution in [0.2, 0.25) is 0 Å². The molecule has 0 radical (unpaired) electrons. The molecule has 3 atom stereocenters. The van der Waals surface area contributed by atoms with Crippen molar-refractivity contribution < 1.29 is 14.3 Å². The van der Waals surface area contributed by atoms with E-state index in [0.717, 1.165) is 25.9 Å². The summed E-state index contributed by atoms with van der Waals surface area (Å²) in [5, 5.41) is 0. The number of ether oxygens (including phenoxy) is 2. The maximum Gasteiger partial charge on any atom is 0.225 e. The molecule has 1 fully saturated rings. The molecular formula is C11H17NO3. The third-order valence-corrected chi connectivity index (χ3v) is 2.97. The van der Waals surface area contributed by atoms with Gasteiger partial charge in [-0.1, -0.05) is 12.2 Å². The molecular weight excluding hydrogens is 194 g/mol. The maximum absolute atomic E-state index is 10.9. The van der Waals surface area contributed by atoms with Gasteiger partial charge in [-0.05, 0) is 19.3 Å². The van der Waals surface area contributed by atoms with Crippen molar-refractivity contribution in [2.24, 2.45) is 17.6 Å². The molecule has 0 aromatic carbocycles. The lowest BCUT2D eigenvalue weighted by Gasteiger charge is -2.29. The number of carbonyl (C=O) groups excluding carboxylic acids is 1. The van der Waals surface area contributed by atoms with Crippen molar-refractivity contribution in [3.63, 3.8) is 0 Å². The van der Waals surface area contributed by atoms with Crippen LogP contribution in [0, 0.1) is 11.8 Å². The minimum Gasteiger partial charge on any atom is -0.369 e. The lowest BCUT2D eigenvalue weighted by molar-refractivity contribution is -0.170. The Bertz CT molecular complexity index is 259. The summed E-state index contributed by atoms with van der Waals surface area (Å²) < 4.78 is 11.0. The molecule has 0 spiro atoms. The summed E-state index contributed by atoms with van der Waals surface area (Å²) in [5.41, 5.74) is 5.22. The minimum absolute atomic E-state index is 0.0822. The second-order valence-electron chi connectivity index (χ2n) is 4.11. The molecule has 0 aromatic rings. The van der Waals surface area contributed by atoms with Gasteiger partial charge in [-0.2, -0.15) is 0 Å². The first-order valence-corrected chi connectivity index (χ1v) is 5.48. The van der Waals surface area contributed by atoms with Crippen LogP contribution in [-0.2, 0) is 14.3 Å². The number of hydrogen-bond donors (Lipinski definition) is 1. The smallest absolute Gasteiger partial charge is 0.225 e. The van der Waals surface area contributed by atoms with Crippen LogP contribution in [0.15, 0.2) is 12.2 Å². The predicted molar refractivity (Wildman–Crippen MR) is 54.9 cm³/mol. The Balaban J connectivity index is 1.69. The number of nitrogens with two attached hydrogens (primary N) is 1. The van der Waals surface area contributed by atoms with E-state index < -0.39 is 0 Å². The van der Waals surface area contributed by atoms with Crippen LogP contribution in [0.25, 0.3) is 0 Å². The molecule has 1 aliphatic carbocycles. The van der Waals surface area contributed by atoms with Gasteiger partial charge in [-0.15, -0.1) is 0 Å². The molecule has 2 aliphatic rings. The van der Waals surface area contributed by atoms with E-state index in [1.807, 2.05) is 12.2 Å². The zero-order valence-electron chi connectivity index (χ0n) is 8.72. The third kappa shape index (κ3) is 2.58. The summed E-state index contributed by atoms with van der Waals surface area (Å²) in [6, 6.07) is 0. The van der Waals surface area contributed by atoms with Crippen LogP contribution in [-0.4, -0.2) is 25.4 Å². The molecule has 2 N–H and O–H groups in total. The average molecular weight is 211 g/mol. The van der Waals surface area contributed by atoms with Crippen molar-refractivity contribution in [1.29, 1.82) is 0 Å². The molecule has 1 aliphatic heterocycles. The lowest BCUT2D eigenvalue weighted by atomic mass is 9.82. The van der Waals surface area contributed by atoms with Gasteiger partial charge in [-0.25, -0.2) is 0 Å². The highest BCUT2D eigenvalue weighted by molar-refractivity contribution is 5.80. The number of amides is 1. The van der Waals surface area contributed by atoms with Gasteiger partial charge in [0.25, 0.3) is 0 Å². The van der Waals surface area contributed by atoms with Gasteiger partial charge in [0.2, 0.25) is 5.91 Å². The first-order chi connectivity index (χ1) is 7.27. The van der Waals surface area contributed by atoms with Crippen molar-refractivity contribution in [2.45, 2.75) is 25.6 Å². The van der Waals surface area contributed by atoms with E-state index in [2.05, 4.69) is 0 Å². The molecule has 1 saturated heterocycles. The zero-order chi connectivity index (χ0) is 10.7. The van der Waals surface area contributed by atoms with E-state index in [4.69, 9.17) is 15.2 Å². The second kappa shape index (κ2) is 4.77. The van der Waals surface area contributed by atoms with E-state index in [1.54, 1.807) is 0 Å². The highest BCUT2D eigenvalue weighted by atomic mass is 16.7. The predicted octanol–water partition coefficient (Wildman–Crippen LogP) is 0.817. The molecule has 0 bridgehead atoms. The summed E-state index contributed by atoms with van der Waals surface area (Å²) in [5.74, 6) is -0.266. The Hall–Kier alpha value is -0.870. The van der Waals surface area contributed by atoms with Gasteiger partial charge in [0.1, 0.15) is 0 Å². The summed E-state index contributed by atoms with van der Waals surface area (Å²) in [7, 11) is 0. The molecule has 2 rings (SSSR count). The first-order valence-electron chi connectivity index (χ1n) is 5.48. The Kier molecular flexibility index (Phi) is 3.38. The monoisotopic (exact) mass is 211 g/mol. The molecule has 4 nitrogen and oxygen atoms in total. The molecule has 84 valence electrons. The SMILES string of the molecule is NC(=O)[C@H]1C=C[C@H]1COC1CCCCO1. The molecule has 15 heavy (non-hydrogen) atoms. The molecule has 0 saturated carbocycles. The highest BCUT2D eigenvalue weighted by Crippen LogP contribution is 2.26. The maximum atomic E-state index is 10.9. The summed E-state index contributed by atoms with van der Waals surface area (Å²) in [4.78, 5) is 10.9. The molecule has 1 unspecified atom stereocenters. The fourth-order valence-electron chi connectivity index (χ4n) is 1.91. The Morgan fingerprint density at radius 3 is 2.87 bits per heavy atom. The van der Waals surface area contributed by atoms with Gasteiger partial charge in [-0.3, -0.25) is 4.79 Å². The summed E-state index contributed by atoms with van der Waals surface area (Å²) >= 11 is 0. The van der Waals surface area contributed by atoms with Crippen LogP contribution in [0.5, 0.6) is 0 Å². The highest BCUT2D eigenvalue weighted by Gasteiger charge is 2.30. The summed E-state index contributed by atoms with van der Waals surface area (Å²) in [6.45, 7) is 1.32. The van der Waals surface area contributed by atoms with Crippen molar-refractivity contribution >= 4 is 5.91 Å². The van der Waals surface area contributed by atoms with Crippen molar-refractivity contribution in [1.82, 2.24) is 0 Å². The first kappa shape index (κ1) is 10.6. The minimum atomic E-state index is -0.268. The quantitative estimate of drug-likeness (QED) is 0.700. The molecule has 0 aromatic heterocycles. The average Bonchev–Trinajstić information content (AvgIpc) is 2.17. The Morgan fingerprint density at radius 1 is 1.47 bits per heavy atom. The largest absolute Gasteiger partial charge is 0.369 e. The van der Waals surface area contributed by atoms with Gasteiger partial charge in [0, 0.05) is 12.5 Å². The van der Waals surface area contributed by atoms with Crippen LogP contribution in [0.3, 0.4) is 0 Å². The number of primary amides is 1. The van der Waals surface area contributed by atoms with Crippen LogP contribution < -0.4 is 5.73 Å².